The van der Waals surface area contributed by atoms with Gasteiger partial charge in [-0.25, -0.2) is 0 Å². The van der Waals surface area contributed by atoms with Crippen molar-refractivity contribution in [1.82, 2.24) is 0 Å². The minimum Gasteiger partial charge on any atom is -0.372 e. The Morgan fingerprint density at radius 1 is 1.53 bits per heavy atom. The van der Waals surface area contributed by atoms with Crippen LogP contribution in [0.15, 0.2) is 22.7 Å². The van der Waals surface area contributed by atoms with Gasteiger partial charge in [-0.2, -0.15) is 5.26 Å². The first-order chi connectivity index (χ1) is 7.10. The van der Waals surface area contributed by atoms with Gasteiger partial charge < -0.3 is 4.90 Å². The van der Waals surface area contributed by atoms with Gasteiger partial charge in [-0.1, -0.05) is 6.92 Å². The number of rotatable bonds is 3. The van der Waals surface area contributed by atoms with Crippen molar-refractivity contribution in [2.45, 2.75) is 26.3 Å². The predicted molar refractivity (Wildman–Crippen MR) is 67.0 cm³/mol. The number of anilines is 1. The molecule has 3 heteroatoms. The molecule has 0 fully saturated rings. The van der Waals surface area contributed by atoms with Gasteiger partial charge in [0, 0.05) is 23.2 Å². The summed E-state index contributed by atoms with van der Waals surface area (Å²) in [6, 6.07) is 8.46. The van der Waals surface area contributed by atoms with Crippen LogP contribution >= 0.6 is 15.9 Å². The number of nitrogens with zero attached hydrogens (tertiary/aromatic N) is 2. The summed E-state index contributed by atoms with van der Waals surface area (Å²) in [5.74, 6) is 0. The minimum atomic E-state index is 0.504. The molecule has 0 amide bonds. The lowest BCUT2D eigenvalue weighted by Crippen LogP contribution is -2.27. The number of hydrogen-bond donors (Lipinski definition) is 0. The van der Waals surface area contributed by atoms with E-state index in [-0.39, 0.29) is 0 Å². The molecule has 1 aromatic carbocycles. The first-order valence-corrected chi connectivity index (χ1v) is 5.82. The van der Waals surface area contributed by atoms with Crippen LogP contribution in [0.3, 0.4) is 0 Å². The molecule has 0 aliphatic heterocycles. The zero-order valence-corrected chi connectivity index (χ0v) is 10.9. The lowest BCUT2D eigenvalue weighted by Gasteiger charge is -2.26. The van der Waals surface area contributed by atoms with Crippen molar-refractivity contribution in [3.05, 3.63) is 28.2 Å². The Morgan fingerprint density at radius 2 is 2.20 bits per heavy atom. The Bertz CT molecular complexity index is 382. The zero-order chi connectivity index (χ0) is 11.4. The van der Waals surface area contributed by atoms with Gasteiger partial charge in [0.05, 0.1) is 5.56 Å². The van der Waals surface area contributed by atoms with E-state index in [0.29, 0.717) is 11.6 Å². The van der Waals surface area contributed by atoms with E-state index in [0.717, 1.165) is 16.6 Å². The zero-order valence-electron chi connectivity index (χ0n) is 9.29. The van der Waals surface area contributed by atoms with Crippen LogP contribution in [0.5, 0.6) is 0 Å². The van der Waals surface area contributed by atoms with E-state index in [1.807, 2.05) is 18.2 Å². The van der Waals surface area contributed by atoms with E-state index in [1.165, 1.54) is 0 Å². The van der Waals surface area contributed by atoms with Gasteiger partial charge in [0.15, 0.2) is 0 Å². The molecule has 1 atom stereocenters. The van der Waals surface area contributed by atoms with E-state index in [4.69, 9.17) is 5.26 Å². The molecule has 0 saturated heterocycles. The van der Waals surface area contributed by atoms with E-state index >= 15 is 0 Å². The lowest BCUT2D eigenvalue weighted by atomic mass is 10.1. The lowest BCUT2D eigenvalue weighted by molar-refractivity contribution is 0.664. The number of halogens is 1. The van der Waals surface area contributed by atoms with Crippen LogP contribution in [0.4, 0.5) is 5.69 Å². The van der Waals surface area contributed by atoms with Crippen molar-refractivity contribution in [3.8, 4) is 6.07 Å². The summed E-state index contributed by atoms with van der Waals surface area (Å²) in [4.78, 5) is 2.21. The highest BCUT2D eigenvalue weighted by molar-refractivity contribution is 9.10. The molecule has 15 heavy (non-hydrogen) atoms. The normalized spacial score (nSPS) is 11.9. The highest BCUT2D eigenvalue weighted by atomic mass is 79.9. The Kier molecular flexibility index (Phi) is 4.16. The van der Waals surface area contributed by atoms with Crippen molar-refractivity contribution in [1.29, 1.82) is 5.26 Å². The van der Waals surface area contributed by atoms with Crippen LogP contribution in [0, 0.1) is 11.3 Å². The summed E-state index contributed by atoms with van der Waals surface area (Å²) < 4.78 is 0.859. The van der Waals surface area contributed by atoms with Gasteiger partial charge in [0.2, 0.25) is 0 Å². The minimum absolute atomic E-state index is 0.504. The maximum absolute atomic E-state index is 8.81. The maximum atomic E-state index is 8.81. The smallest absolute Gasteiger partial charge is 0.100 e. The Balaban J connectivity index is 2.98. The molecule has 0 spiro atoms. The molecule has 0 heterocycles. The van der Waals surface area contributed by atoms with Crippen LogP contribution in [-0.4, -0.2) is 13.1 Å². The molecular formula is C12H15BrN2. The fourth-order valence-electron chi connectivity index (χ4n) is 1.34. The van der Waals surface area contributed by atoms with E-state index in [1.54, 1.807) is 0 Å². The molecule has 2 nitrogen and oxygen atoms in total. The molecule has 0 radical (unpaired) electrons. The van der Waals surface area contributed by atoms with Crippen LogP contribution in [0.25, 0.3) is 0 Å². The van der Waals surface area contributed by atoms with Crippen molar-refractivity contribution in [3.63, 3.8) is 0 Å². The molecule has 1 rings (SSSR count). The summed E-state index contributed by atoms with van der Waals surface area (Å²) in [7, 11) is 2.07. The summed E-state index contributed by atoms with van der Waals surface area (Å²) >= 11 is 3.40. The van der Waals surface area contributed by atoms with E-state index < -0.39 is 0 Å². The first kappa shape index (κ1) is 12.1. The highest BCUT2D eigenvalue weighted by Crippen LogP contribution is 2.24. The van der Waals surface area contributed by atoms with Crippen molar-refractivity contribution in [2.24, 2.45) is 0 Å². The Morgan fingerprint density at radius 3 is 2.67 bits per heavy atom. The van der Waals surface area contributed by atoms with E-state index in [9.17, 15) is 0 Å². The van der Waals surface area contributed by atoms with Gasteiger partial charge in [-0.15, -0.1) is 0 Å². The predicted octanol–water partition coefficient (Wildman–Crippen LogP) is 3.56. The second kappa shape index (κ2) is 5.18. The number of hydrogen-bond acceptors (Lipinski definition) is 2. The molecular weight excluding hydrogens is 252 g/mol. The van der Waals surface area contributed by atoms with Crippen LogP contribution < -0.4 is 4.90 Å². The van der Waals surface area contributed by atoms with E-state index in [2.05, 4.69) is 47.8 Å². The molecule has 0 N–H and O–H groups in total. The van der Waals surface area contributed by atoms with Gasteiger partial charge in [0.25, 0.3) is 0 Å². The molecule has 1 unspecified atom stereocenters. The molecule has 80 valence electrons. The second-order valence-corrected chi connectivity index (χ2v) is 4.50. The average Bonchev–Trinajstić information content (AvgIpc) is 2.26. The average molecular weight is 267 g/mol. The van der Waals surface area contributed by atoms with Crippen molar-refractivity contribution in [2.75, 3.05) is 11.9 Å². The Labute approximate surface area is 99.6 Å². The topological polar surface area (TPSA) is 27.0 Å². The third kappa shape index (κ3) is 2.73. The standard InChI is InChI=1S/C12H15BrN2/c1-4-9(2)15(3)11-6-5-10(8-14)12(13)7-11/h5-7,9H,4H2,1-3H3. The van der Waals surface area contributed by atoms with Crippen LogP contribution in [0.1, 0.15) is 25.8 Å². The fraction of sp³-hybridized carbons (Fsp3) is 0.417. The molecule has 0 saturated carbocycles. The fourth-order valence-corrected chi connectivity index (χ4v) is 1.80. The molecule has 0 aliphatic rings. The molecule has 0 bridgehead atoms. The third-order valence-corrected chi connectivity index (χ3v) is 3.39. The summed E-state index contributed by atoms with van der Waals surface area (Å²) in [5.41, 5.74) is 1.81. The molecule has 1 aromatic rings. The Hall–Kier alpha value is -1.01. The van der Waals surface area contributed by atoms with Crippen LogP contribution in [-0.2, 0) is 0 Å². The molecule has 0 aliphatic carbocycles. The monoisotopic (exact) mass is 266 g/mol. The quantitative estimate of drug-likeness (QED) is 0.837. The largest absolute Gasteiger partial charge is 0.372 e. The van der Waals surface area contributed by atoms with Gasteiger partial charge >= 0.3 is 0 Å². The highest BCUT2D eigenvalue weighted by Gasteiger charge is 2.09. The summed E-state index contributed by atoms with van der Waals surface area (Å²) in [6.07, 6.45) is 1.11. The summed E-state index contributed by atoms with van der Waals surface area (Å²) in [6.45, 7) is 4.35. The summed E-state index contributed by atoms with van der Waals surface area (Å²) in [5, 5.41) is 8.81. The SMILES string of the molecule is CCC(C)N(C)c1ccc(C#N)c(Br)c1. The van der Waals surface area contributed by atoms with Gasteiger partial charge in [-0.3, -0.25) is 0 Å². The molecule has 0 aromatic heterocycles. The number of benzene rings is 1. The second-order valence-electron chi connectivity index (χ2n) is 3.64. The first-order valence-electron chi connectivity index (χ1n) is 5.02. The van der Waals surface area contributed by atoms with Gasteiger partial charge in [-0.05, 0) is 47.5 Å². The van der Waals surface area contributed by atoms with Crippen molar-refractivity contribution >= 4 is 21.6 Å². The number of nitriles is 1. The third-order valence-electron chi connectivity index (χ3n) is 2.73. The van der Waals surface area contributed by atoms with Gasteiger partial charge in [0.1, 0.15) is 6.07 Å². The van der Waals surface area contributed by atoms with Crippen LogP contribution in [0.2, 0.25) is 0 Å². The van der Waals surface area contributed by atoms with Crippen molar-refractivity contribution < 1.29 is 0 Å². The maximum Gasteiger partial charge on any atom is 0.100 e.